The summed E-state index contributed by atoms with van der Waals surface area (Å²) in [5.41, 5.74) is 1.89. The van der Waals surface area contributed by atoms with Crippen molar-refractivity contribution in [3.63, 3.8) is 0 Å². The number of carbonyl (C=O) groups is 4. The summed E-state index contributed by atoms with van der Waals surface area (Å²) in [5.74, 6) is -1.57. The first-order valence-corrected chi connectivity index (χ1v) is 13.9. The van der Waals surface area contributed by atoms with Crippen molar-refractivity contribution in [1.82, 2.24) is 20.5 Å². The average molecular weight is 563 g/mol. The molecule has 41 heavy (non-hydrogen) atoms. The van der Waals surface area contributed by atoms with Crippen molar-refractivity contribution in [3.8, 4) is 0 Å². The van der Waals surface area contributed by atoms with Gasteiger partial charge in [0.15, 0.2) is 0 Å². The van der Waals surface area contributed by atoms with Crippen LogP contribution in [0.3, 0.4) is 0 Å². The van der Waals surface area contributed by atoms with Crippen molar-refractivity contribution in [3.05, 3.63) is 71.9 Å². The maximum atomic E-state index is 13.2. The number of carbonyl (C=O) groups excluding carboxylic acids is 4. The van der Waals surface area contributed by atoms with Crippen LogP contribution in [0.4, 0.5) is 4.79 Å². The molecule has 0 spiro atoms. The SMILES string of the molecule is C[C@H](NC(=O)[C@@H]1CCCN1C(=O)OC(C)(C)C)C(=O)N[C@@H](Cc1c[nH]c2ccccc12)C(=O)OCc1ccccc1. The summed E-state index contributed by atoms with van der Waals surface area (Å²) in [4.78, 5) is 56.7. The van der Waals surface area contributed by atoms with Crippen LogP contribution in [-0.2, 0) is 36.9 Å². The highest BCUT2D eigenvalue weighted by molar-refractivity contribution is 5.93. The molecule has 1 fully saturated rings. The normalized spacial score (nSPS) is 16.6. The molecule has 4 rings (SSSR count). The van der Waals surface area contributed by atoms with Gasteiger partial charge in [0, 0.05) is 30.1 Å². The zero-order valence-electron chi connectivity index (χ0n) is 23.9. The number of aromatic amines is 1. The van der Waals surface area contributed by atoms with Gasteiger partial charge in [-0.3, -0.25) is 14.5 Å². The number of nitrogens with zero attached hydrogens (tertiary/aromatic N) is 1. The highest BCUT2D eigenvalue weighted by Gasteiger charge is 2.37. The number of nitrogens with one attached hydrogen (secondary N) is 3. The van der Waals surface area contributed by atoms with E-state index in [2.05, 4.69) is 15.6 Å². The Bertz CT molecular complexity index is 1380. The topological polar surface area (TPSA) is 130 Å². The molecule has 10 nitrogen and oxygen atoms in total. The Morgan fingerprint density at radius 2 is 1.73 bits per heavy atom. The van der Waals surface area contributed by atoms with Crippen LogP contribution in [0.25, 0.3) is 10.9 Å². The molecular weight excluding hydrogens is 524 g/mol. The number of likely N-dealkylation sites (tertiary alicyclic amines) is 1. The van der Waals surface area contributed by atoms with Crippen LogP contribution in [-0.4, -0.2) is 64.0 Å². The zero-order valence-corrected chi connectivity index (χ0v) is 23.9. The molecule has 3 aromatic rings. The number of amides is 3. The highest BCUT2D eigenvalue weighted by Crippen LogP contribution is 2.22. The van der Waals surface area contributed by atoms with E-state index in [9.17, 15) is 19.2 Å². The Morgan fingerprint density at radius 1 is 1.02 bits per heavy atom. The minimum atomic E-state index is -0.991. The van der Waals surface area contributed by atoms with Crippen LogP contribution in [0, 0.1) is 0 Å². The first kappa shape index (κ1) is 29.6. The molecular formula is C31H38N4O6. The Kier molecular flexibility index (Phi) is 9.31. The van der Waals surface area contributed by atoms with E-state index >= 15 is 0 Å². The number of H-pyrrole nitrogens is 1. The van der Waals surface area contributed by atoms with Crippen molar-refractivity contribution in [1.29, 1.82) is 0 Å². The molecule has 2 aromatic carbocycles. The molecule has 1 aliphatic heterocycles. The van der Waals surface area contributed by atoms with Crippen LogP contribution >= 0.6 is 0 Å². The smallest absolute Gasteiger partial charge is 0.410 e. The van der Waals surface area contributed by atoms with Crippen molar-refractivity contribution in [2.24, 2.45) is 0 Å². The summed E-state index contributed by atoms with van der Waals surface area (Å²) in [7, 11) is 0. The molecule has 2 heterocycles. The van der Waals surface area contributed by atoms with E-state index in [0.717, 1.165) is 22.0 Å². The molecule has 0 saturated carbocycles. The lowest BCUT2D eigenvalue weighted by Crippen LogP contribution is -2.55. The van der Waals surface area contributed by atoms with E-state index < -0.39 is 47.6 Å². The maximum Gasteiger partial charge on any atom is 0.410 e. The predicted octanol–water partition coefficient (Wildman–Crippen LogP) is 3.84. The van der Waals surface area contributed by atoms with Gasteiger partial charge < -0.3 is 25.1 Å². The maximum absolute atomic E-state index is 13.2. The van der Waals surface area contributed by atoms with Crippen LogP contribution in [0.1, 0.15) is 51.7 Å². The van der Waals surface area contributed by atoms with Gasteiger partial charge in [-0.2, -0.15) is 0 Å². The molecule has 3 N–H and O–H groups in total. The molecule has 0 unspecified atom stereocenters. The molecule has 1 saturated heterocycles. The van der Waals surface area contributed by atoms with Crippen molar-refractivity contribution >= 4 is 34.8 Å². The molecule has 218 valence electrons. The van der Waals surface area contributed by atoms with E-state index in [0.29, 0.717) is 19.4 Å². The van der Waals surface area contributed by atoms with Crippen molar-refractivity contribution < 1.29 is 28.7 Å². The number of esters is 1. The fourth-order valence-electron chi connectivity index (χ4n) is 4.79. The van der Waals surface area contributed by atoms with Gasteiger partial charge in [-0.05, 0) is 57.7 Å². The number of hydrogen-bond donors (Lipinski definition) is 3. The van der Waals surface area contributed by atoms with Gasteiger partial charge in [0.2, 0.25) is 11.8 Å². The molecule has 0 aliphatic carbocycles. The molecule has 1 aromatic heterocycles. The molecule has 10 heteroatoms. The predicted molar refractivity (Wildman–Crippen MR) is 154 cm³/mol. The minimum absolute atomic E-state index is 0.0639. The third kappa shape index (κ3) is 7.87. The van der Waals surface area contributed by atoms with Crippen molar-refractivity contribution in [2.75, 3.05) is 6.54 Å². The van der Waals surface area contributed by atoms with Gasteiger partial charge in [-0.15, -0.1) is 0 Å². The quantitative estimate of drug-likeness (QED) is 0.340. The average Bonchev–Trinajstić information content (AvgIpc) is 3.59. The summed E-state index contributed by atoms with van der Waals surface area (Å²) in [6.45, 7) is 7.29. The molecule has 0 radical (unpaired) electrons. The number of fused-ring (bicyclic) bond motifs is 1. The van der Waals surface area contributed by atoms with Crippen LogP contribution in [0.5, 0.6) is 0 Å². The molecule has 1 aliphatic rings. The lowest BCUT2D eigenvalue weighted by atomic mass is 10.0. The van der Waals surface area contributed by atoms with Gasteiger partial charge in [0.25, 0.3) is 0 Å². The first-order valence-electron chi connectivity index (χ1n) is 13.9. The number of para-hydroxylation sites is 1. The number of rotatable bonds is 9. The zero-order chi connectivity index (χ0) is 29.6. The summed E-state index contributed by atoms with van der Waals surface area (Å²) in [6.07, 6.45) is 2.56. The lowest BCUT2D eigenvalue weighted by Gasteiger charge is -2.28. The molecule has 0 bridgehead atoms. The first-order chi connectivity index (χ1) is 19.5. The number of hydrogen-bond acceptors (Lipinski definition) is 6. The summed E-state index contributed by atoms with van der Waals surface area (Å²) in [5, 5.41) is 6.41. The van der Waals surface area contributed by atoms with E-state index in [1.54, 1.807) is 20.8 Å². The third-order valence-corrected chi connectivity index (χ3v) is 6.86. The Labute approximate surface area is 239 Å². The van der Waals surface area contributed by atoms with Gasteiger partial charge in [0.05, 0.1) is 0 Å². The van der Waals surface area contributed by atoms with E-state index in [1.165, 1.54) is 11.8 Å². The van der Waals surface area contributed by atoms with Crippen LogP contribution in [0.2, 0.25) is 0 Å². The Morgan fingerprint density at radius 3 is 2.46 bits per heavy atom. The van der Waals surface area contributed by atoms with Crippen molar-refractivity contribution in [2.45, 2.75) is 77.3 Å². The van der Waals surface area contributed by atoms with Crippen LogP contribution < -0.4 is 10.6 Å². The van der Waals surface area contributed by atoms with Crippen LogP contribution in [0.15, 0.2) is 60.8 Å². The second kappa shape index (κ2) is 12.9. The molecule has 3 amide bonds. The number of aromatic nitrogens is 1. The molecule has 3 atom stereocenters. The van der Waals surface area contributed by atoms with E-state index in [-0.39, 0.29) is 13.0 Å². The highest BCUT2D eigenvalue weighted by atomic mass is 16.6. The monoisotopic (exact) mass is 562 g/mol. The Balaban J connectivity index is 1.43. The lowest BCUT2D eigenvalue weighted by molar-refractivity contribution is -0.149. The fourth-order valence-corrected chi connectivity index (χ4v) is 4.79. The fraction of sp³-hybridized carbons (Fsp3) is 0.419. The summed E-state index contributed by atoms with van der Waals surface area (Å²) in [6, 6.07) is 14.3. The largest absolute Gasteiger partial charge is 0.459 e. The Hall–Kier alpha value is -4.34. The second-order valence-corrected chi connectivity index (χ2v) is 11.3. The van der Waals surface area contributed by atoms with Gasteiger partial charge in [-0.25, -0.2) is 9.59 Å². The summed E-state index contributed by atoms with van der Waals surface area (Å²) < 4.78 is 11.0. The minimum Gasteiger partial charge on any atom is -0.459 e. The van der Waals surface area contributed by atoms with E-state index in [4.69, 9.17) is 9.47 Å². The van der Waals surface area contributed by atoms with E-state index in [1.807, 2.05) is 60.8 Å². The van der Waals surface area contributed by atoms with Gasteiger partial charge in [0.1, 0.15) is 30.3 Å². The third-order valence-electron chi connectivity index (χ3n) is 6.86. The van der Waals surface area contributed by atoms with Gasteiger partial charge in [-0.1, -0.05) is 48.5 Å². The number of benzene rings is 2. The van der Waals surface area contributed by atoms with Gasteiger partial charge >= 0.3 is 12.1 Å². The number of ether oxygens (including phenoxy) is 2. The summed E-state index contributed by atoms with van der Waals surface area (Å²) >= 11 is 0. The standard InChI is InChI=1S/C31H38N4O6/c1-20(33-28(37)26-15-10-16-35(26)30(39)41-31(2,3)4)27(36)34-25(29(38)40-19-21-11-6-5-7-12-21)17-22-18-32-24-14-9-8-13-23(22)24/h5-9,11-14,18,20,25-26,32H,10,15-17,19H2,1-4H3,(H,33,37)(H,34,36)/t20-,25-,26-/m0/s1. The second-order valence-electron chi connectivity index (χ2n) is 11.3.